The minimum atomic E-state index is -2.46. The van der Waals surface area contributed by atoms with Crippen molar-refractivity contribution in [3.05, 3.63) is 39.8 Å². The van der Waals surface area contributed by atoms with E-state index in [1.807, 2.05) is 42.8 Å². The average Bonchev–Trinajstić information content (AvgIpc) is 3.72. The van der Waals surface area contributed by atoms with Crippen molar-refractivity contribution in [1.29, 1.82) is 5.26 Å². The second-order valence-corrected chi connectivity index (χ2v) is 19.1. The summed E-state index contributed by atoms with van der Waals surface area (Å²) in [6, 6.07) is 7.88. The Bertz CT molecular complexity index is 1790. The lowest BCUT2D eigenvalue weighted by atomic mass is 9.88. The molecule has 11 nitrogen and oxygen atoms in total. The van der Waals surface area contributed by atoms with Crippen LogP contribution in [0.15, 0.2) is 18.2 Å². The Balaban J connectivity index is 1.19. The molecule has 1 aromatic carbocycles. The molecule has 1 spiro atoms. The summed E-state index contributed by atoms with van der Waals surface area (Å²) in [4.78, 5) is 21.8. The van der Waals surface area contributed by atoms with Gasteiger partial charge in [-0.05, 0) is 51.3 Å². The number of anilines is 4. The minimum Gasteiger partial charge on any atom is -0.461 e. The van der Waals surface area contributed by atoms with Crippen molar-refractivity contribution in [2.45, 2.75) is 54.4 Å². The summed E-state index contributed by atoms with van der Waals surface area (Å²) in [5, 5.41) is 11.2. The summed E-state index contributed by atoms with van der Waals surface area (Å²) in [5.74, 6) is 1.73. The molecule has 3 atom stereocenters. The Kier molecular flexibility index (Phi) is 7.70. The number of rotatable bonds is 8. The maximum Gasteiger partial charge on any atom is 0.323 e. The monoisotopic (exact) mass is 683 g/mol. The SMILES string of the molecule is CC(c1ccc(P(C)(C)=O)cc1N)N(C)c1nc(OC[C@@]23CCCN2C[C@H](F)C3)nc(N2CC3(C2)SCc2sc(N)c(C#N)c23)n1. The van der Waals surface area contributed by atoms with Gasteiger partial charge >= 0.3 is 6.01 Å². The van der Waals surface area contributed by atoms with Crippen LogP contribution >= 0.6 is 30.2 Å². The summed E-state index contributed by atoms with van der Waals surface area (Å²) in [6.07, 6.45) is 1.49. The van der Waals surface area contributed by atoms with E-state index in [0.717, 1.165) is 41.6 Å². The van der Waals surface area contributed by atoms with Gasteiger partial charge in [-0.1, -0.05) is 12.1 Å². The number of fused-ring (bicyclic) bond motifs is 3. The second kappa shape index (κ2) is 11.3. The molecule has 0 saturated carbocycles. The molecule has 3 aromatic rings. The number of ether oxygens (including phenoxy) is 1. The lowest BCUT2D eigenvalue weighted by molar-refractivity contribution is 0.107. The molecule has 0 bridgehead atoms. The van der Waals surface area contributed by atoms with Gasteiger partial charge in [0.1, 0.15) is 31.0 Å². The van der Waals surface area contributed by atoms with Crippen molar-refractivity contribution in [3.63, 3.8) is 0 Å². The van der Waals surface area contributed by atoms with Crippen LogP contribution in [0.25, 0.3) is 0 Å². The Hall–Kier alpha value is -3.11. The number of nitrogens with two attached hydrogens (primary N) is 2. The third-order valence-corrected chi connectivity index (χ3v) is 14.3. The molecule has 0 radical (unpaired) electrons. The zero-order valence-electron chi connectivity index (χ0n) is 26.5. The third kappa shape index (κ3) is 5.20. The van der Waals surface area contributed by atoms with Crippen molar-refractivity contribution in [2.24, 2.45) is 0 Å². The van der Waals surface area contributed by atoms with Crippen LogP contribution in [0.1, 0.15) is 53.8 Å². The molecule has 6 heterocycles. The number of thioether (sulfide) groups is 1. The first-order valence-corrected chi connectivity index (χ1v) is 19.9. The van der Waals surface area contributed by atoms with Crippen LogP contribution in [-0.2, 0) is 15.1 Å². The molecule has 3 fully saturated rings. The van der Waals surface area contributed by atoms with Crippen LogP contribution in [0.5, 0.6) is 6.01 Å². The van der Waals surface area contributed by atoms with Crippen LogP contribution in [0.2, 0.25) is 0 Å². The van der Waals surface area contributed by atoms with Crippen LogP contribution in [-0.4, -0.2) is 84.7 Å². The number of hydrogen-bond acceptors (Lipinski definition) is 13. The molecule has 3 saturated heterocycles. The van der Waals surface area contributed by atoms with Crippen LogP contribution < -0.4 is 31.3 Å². The smallest absolute Gasteiger partial charge is 0.323 e. The van der Waals surface area contributed by atoms with E-state index in [0.29, 0.717) is 60.8 Å². The van der Waals surface area contributed by atoms with Gasteiger partial charge in [-0.15, -0.1) is 23.1 Å². The average molecular weight is 684 g/mol. The fraction of sp³-hybridized carbons (Fsp3) is 0.548. The van der Waals surface area contributed by atoms with Crippen molar-refractivity contribution in [3.8, 4) is 12.1 Å². The third-order valence-electron chi connectivity index (χ3n) is 10.1. The number of nitrogen functional groups attached to an aromatic ring is 2. The van der Waals surface area contributed by atoms with Crippen molar-refractivity contribution in [2.75, 3.05) is 74.4 Å². The van der Waals surface area contributed by atoms with Crippen LogP contribution in [0, 0.1) is 11.3 Å². The van der Waals surface area contributed by atoms with Gasteiger partial charge in [0.2, 0.25) is 11.9 Å². The second-order valence-electron chi connectivity index (χ2n) is 13.4. The Labute approximate surface area is 276 Å². The quantitative estimate of drug-likeness (QED) is 0.257. The maximum atomic E-state index is 14.5. The molecule has 15 heteroatoms. The summed E-state index contributed by atoms with van der Waals surface area (Å²) < 4.78 is 33.2. The maximum absolute atomic E-state index is 14.5. The van der Waals surface area contributed by atoms with Gasteiger partial charge in [0.05, 0.1) is 21.9 Å². The number of aromatic nitrogens is 3. The number of alkyl halides is 1. The van der Waals surface area contributed by atoms with Gasteiger partial charge in [-0.25, -0.2) is 4.39 Å². The molecule has 4 N–H and O–H groups in total. The standard InChI is InChI=1S/C31H39FN9O2PS2/c1-18(21-7-6-20(10-23(21)34)44(3,4)42)39(2)27-36-28(38-29(37-27)43-17-30-8-5-9-41(30)13-19(32)11-30)40-15-31(16-40)25-22(12-33)26(35)46-24(25)14-45-31/h6-7,10,18-19H,5,8-9,11,13-17,34-35H2,1-4H3/t18?,19-,30+/m1/s1. The summed E-state index contributed by atoms with van der Waals surface area (Å²) in [7, 11) is -0.565. The van der Waals surface area contributed by atoms with Crippen molar-refractivity contribution in [1.82, 2.24) is 19.9 Å². The van der Waals surface area contributed by atoms with Gasteiger partial charge in [0, 0.05) is 60.3 Å². The molecule has 0 aliphatic carbocycles. The highest BCUT2D eigenvalue weighted by Gasteiger charge is 2.53. The lowest BCUT2D eigenvalue weighted by Crippen LogP contribution is -2.57. The van der Waals surface area contributed by atoms with Crippen molar-refractivity contribution >= 4 is 58.1 Å². The lowest BCUT2D eigenvalue weighted by Gasteiger charge is -2.47. The van der Waals surface area contributed by atoms with Gasteiger partial charge in [-0.2, -0.15) is 20.2 Å². The highest BCUT2D eigenvalue weighted by Crippen LogP contribution is 2.57. The number of nitriles is 1. The first-order chi connectivity index (χ1) is 21.8. The largest absolute Gasteiger partial charge is 0.461 e. The van der Waals surface area contributed by atoms with Gasteiger partial charge in [0.25, 0.3) is 0 Å². The van der Waals surface area contributed by atoms with E-state index >= 15 is 0 Å². The number of halogens is 1. The molecule has 2 aromatic heterocycles. The van der Waals surface area contributed by atoms with E-state index in [1.54, 1.807) is 19.4 Å². The van der Waals surface area contributed by atoms with E-state index in [2.05, 4.69) is 15.9 Å². The highest BCUT2D eigenvalue weighted by molar-refractivity contribution is 8.00. The van der Waals surface area contributed by atoms with E-state index in [-0.39, 0.29) is 22.3 Å². The molecule has 4 aliphatic heterocycles. The fourth-order valence-corrected chi connectivity index (χ4v) is 11.1. The first kappa shape index (κ1) is 31.5. The molecule has 244 valence electrons. The summed E-state index contributed by atoms with van der Waals surface area (Å²) >= 11 is 3.34. The zero-order chi connectivity index (χ0) is 32.6. The van der Waals surface area contributed by atoms with E-state index in [9.17, 15) is 14.2 Å². The van der Waals surface area contributed by atoms with Crippen LogP contribution in [0.4, 0.5) is 27.0 Å². The molecular weight excluding hydrogens is 645 g/mol. The van der Waals surface area contributed by atoms with Crippen molar-refractivity contribution < 1.29 is 13.7 Å². The zero-order valence-corrected chi connectivity index (χ0v) is 29.0. The Morgan fingerprint density at radius 1 is 1.28 bits per heavy atom. The predicted octanol–water partition coefficient (Wildman–Crippen LogP) is 4.33. The normalized spacial score (nSPS) is 24.0. The number of benzene rings is 1. The highest BCUT2D eigenvalue weighted by atomic mass is 32.2. The molecule has 46 heavy (non-hydrogen) atoms. The Morgan fingerprint density at radius 3 is 2.78 bits per heavy atom. The Morgan fingerprint density at radius 2 is 2.07 bits per heavy atom. The number of hydrogen-bond donors (Lipinski definition) is 2. The van der Waals surface area contributed by atoms with Gasteiger partial charge in [-0.3, -0.25) is 4.90 Å². The van der Waals surface area contributed by atoms with Gasteiger partial charge < -0.3 is 30.6 Å². The molecular formula is C31H39FN9O2PS2. The minimum absolute atomic E-state index is 0.196. The first-order valence-electron chi connectivity index (χ1n) is 15.5. The van der Waals surface area contributed by atoms with Crippen LogP contribution in [0.3, 0.4) is 0 Å². The van der Waals surface area contributed by atoms with E-state index in [1.165, 1.54) is 16.2 Å². The summed E-state index contributed by atoms with van der Waals surface area (Å²) in [5.41, 5.74) is 15.4. The molecule has 4 aliphatic rings. The van der Waals surface area contributed by atoms with E-state index < -0.39 is 13.3 Å². The molecule has 1 unspecified atom stereocenters. The number of thiophene rings is 1. The topological polar surface area (TPSA) is 151 Å². The fourth-order valence-electron chi connectivity index (χ4n) is 7.44. The predicted molar refractivity (Wildman–Crippen MR) is 184 cm³/mol. The number of nitrogens with zero attached hydrogens (tertiary/aromatic N) is 7. The van der Waals surface area contributed by atoms with Gasteiger partial charge in [0.15, 0.2) is 0 Å². The molecule has 7 rings (SSSR count). The summed E-state index contributed by atoms with van der Waals surface area (Å²) in [6.45, 7) is 8.35. The molecule has 0 amide bonds. The van der Waals surface area contributed by atoms with E-state index in [4.69, 9.17) is 31.2 Å².